The van der Waals surface area contributed by atoms with Gasteiger partial charge >= 0.3 is 0 Å². The largest absolute Gasteiger partial charge is 0.390 e. The molecule has 0 aliphatic carbocycles. The second-order valence-electron chi connectivity index (χ2n) is 9.94. The van der Waals surface area contributed by atoms with Crippen LogP contribution >= 0.6 is 0 Å². The SMILES string of the molecule is Cc1cnn(-c2ncnc3c2ncn3CC(O)CN2CCN(C(c3ccccc3)c3ccccc3)CC2)c1. The Morgan fingerprint density at radius 3 is 2.16 bits per heavy atom. The Balaban J connectivity index is 1.10. The maximum Gasteiger partial charge on any atom is 0.184 e. The van der Waals surface area contributed by atoms with Crippen molar-refractivity contribution in [3.05, 3.63) is 102 Å². The fourth-order valence-electron chi connectivity index (χ4n) is 5.37. The topological polar surface area (TPSA) is 88.1 Å². The Morgan fingerprint density at radius 1 is 0.842 bits per heavy atom. The highest BCUT2D eigenvalue weighted by Crippen LogP contribution is 2.29. The molecule has 5 aromatic rings. The molecule has 2 aromatic carbocycles. The van der Waals surface area contributed by atoms with Crippen LogP contribution in [0.4, 0.5) is 0 Å². The van der Waals surface area contributed by atoms with Gasteiger partial charge < -0.3 is 9.67 Å². The van der Waals surface area contributed by atoms with Gasteiger partial charge in [0.1, 0.15) is 6.33 Å². The van der Waals surface area contributed by atoms with E-state index in [1.165, 1.54) is 17.5 Å². The summed E-state index contributed by atoms with van der Waals surface area (Å²) in [5.74, 6) is 0.638. The van der Waals surface area contributed by atoms with Gasteiger partial charge in [-0.2, -0.15) is 5.10 Å². The normalized spacial score (nSPS) is 15.9. The molecule has 9 nitrogen and oxygen atoms in total. The summed E-state index contributed by atoms with van der Waals surface area (Å²) in [4.78, 5) is 18.2. The quantitative estimate of drug-likeness (QED) is 0.345. The Labute approximate surface area is 222 Å². The van der Waals surface area contributed by atoms with Gasteiger partial charge in [-0.1, -0.05) is 60.7 Å². The summed E-state index contributed by atoms with van der Waals surface area (Å²) in [6.45, 7) is 6.70. The van der Waals surface area contributed by atoms with Crippen LogP contribution in [0.1, 0.15) is 22.7 Å². The molecule has 3 aromatic heterocycles. The minimum absolute atomic E-state index is 0.231. The maximum atomic E-state index is 11.0. The third-order valence-electron chi connectivity index (χ3n) is 7.19. The van der Waals surface area contributed by atoms with E-state index >= 15 is 0 Å². The molecule has 1 N–H and O–H groups in total. The lowest BCUT2D eigenvalue weighted by Crippen LogP contribution is -2.50. The van der Waals surface area contributed by atoms with Crippen LogP contribution in [0, 0.1) is 6.92 Å². The highest BCUT2D eigenvalue weighted by molar-refractivity contribution is 5.78. The number of β-amino-alcohol motifs (C(OH)–C–C–N with tert-alkyl or cyclic N) is 1. The van der Waals surface area contributed by atoms with Crippen molar-refractivity contribution in [3.8, 4) is 5.82 Å². The van der Waals surface area contributed by atoms with Gasteiger partial charge in [-0.3, -0.25) is 9.80 Å². The molecule has 6 rings (SSSR count). The van der Waals surface area contributed by atoms with Crippen LogP contribution in [0.5, 0.6) is 0 Å². The van der Waals surface area contributed by atoms with Crippen LogP contribution in [0.2, 0.25) is 0 Å². The molecule has 1 saturated heterocycles. The van der Waals surface area contributed by atoms with Crippen LogP contribution in [-0.4, -0.2) is 83.0 Å². The van der Waals surface area contributed by atoms with Crippen molar-refractivity contribution < 1.29 is 5.11 Å². The van der Waals surface area contributed by atoms with Crippen molar-refractivity contribution in [3.63, 3.8) is 0 Å². The van der Waals surface area contributed by atoms with Crippen LogP contribution in [0.3, 0.4) is 0 Å². The number of rotatable bonds is 8. The van der Waals surface area contributed by atoms with E-state index in [-0.39, 0.29) is 6.04 Å². The van der Waals surface area contributed by atoms with Gasteiger partial charge in [0, 0.05) is 38.9 Å². The van der Waals surface area contributed by atoms with E-state index in [0.29, 0.717) is 30.1 Å². The zero-order valence-corrected chi connectivity index (χ0v) is 21.5. The lowest BCUT2D eigenvalue weighted by atomic mass is 9.96. The molecule has 0 amide bonds. The first-order valence-electron chi connectivity index (χ1n) is 13.1. The summed E-state index contributed by atoms with van der Waals surface area (Å²) in [6.07, 6.45) is 6.41. The van der Waals surface area contributed by atoms with Crippen molar-refractivity contribution in [2.45, 2.75) is 25.6 Å². The standard InChI is InChI=1S/C29H32N8O/c1-22-16-33-37(17-22)29-26-28(30-20-31-29)36(21-32-26)19-25(38)18-34-12-14-35(15-13-34)27(23-8-4-2-5-9-23)24-10-6-3-7-11-24/h2-11,16-17,20-21,25,27,38H,12-15,18-19H2,1H3. The molecule has 0 radical (unpaired) electrons. The first-order chi connectivity index (χ1) is 18.7. The molecule has 4 heterocycles. The molecule has 0 bridgehead atoms. The maximum absolute atomic E-state index is 11.0. The number of piperazine rings is 1. The summed E-state index contributed by atoms with van der Waals surface area (Å²) in [5.41, 5.74) is 5.03. The zero-order chi connectivity index (χ0) is 25.9. The fraction of sp³-hybridized carbons (Fsp3) is 0.310. The van der Waals surface area contributed by atoms with Gasteiger partial charge in [-0.05, 0) is 23.6 Å². The van der Waals surface area contributed by atoms with Crippen molar-refractivity contribution in [2.24, 2.45) is 0 Å². The molecule has 194 valence electrons. The van der Waals surface area contributed by atoms with E-state index < -0.39 is 6.10 Å². The number of nitrogens with zero attached hydrogens (tertiary/aromatic N) is 8. The van der Waals surface area contributed by atoms with Gasteiger partial charge in [0.2, 0.25) is 0 Å². The molecule has 1 atom stereocenters. The first-order valence-corrected chi connectivity index (χ1v) is 13.1. The summed E-state index contributed by atoms with van der Waals surface area (Å²) in [5, 5.41) is 15.3. The lowest BCUT2D eigenvalue weighted by Gasteiger charge is -2.40. The molecule has 1 aliphatic rings. The number of aryl methyl sites for hydroxylation is 1. The molecular formula is C29H32N8O. The minimum Gasteiger partial charge on any atom is -0.390 e. The molecular weight excluding hydrogens is 476 g/mol. The minimum atomic E-state index is -0.539. The molecule has 9 heteroatoms. The third kappa shape index (κ3) is 5.08. The summed E-state index contributed by atoms with van der Waals surface area (Å²) in [6, 6.07) is 21.7. The zero-order valence-electron chi connectivity index (χ0n) is 21.5. The van der Waals surface area contributed by atoms with Crippen molar-refractivity contribution in [1.29, 1.82) is 0 Å². The lowest BCUT2D eigenvalue weighted by molar-refractivity contribution is 0.0560. The van der Waals surface area contributed by atoms with Gasteiger partial charge in [-0.25, -0.2) is 19.6 Å². The van der Waals surface area contributed by atoms with Gasteiger partial charge in [-0.15, -0.1) is 0 Å². The van der Waals surface area contributed by atoms with Crippen LogP contribution in [0.25, 0.3) is 17.0 Å². The Morgan fingerprint density at radius 2 is 1.53 bits per heavy atom. The number of aliphatic hydroxyl groups is 1. The van der Waals surface area contributed by atoms with Crippen molar-refractivity contribution in [1.82, 2.24) is 39.1 Å². The smallest absolute Gasteiger partial charge is 0.184 e. The molecule has 0 saturated carbocycles. The van der Waals surface area contributed by atoms with E-state index in [1.807, 2.05) is 17.7 Å². The molecule has 38 heavy (non-hydrogen) atoms. The van der Waals surface area contributed by atoms with Gasteiger partial charge in [0.05, 0.1) is 31.2 Å². The predicted molar refractivity (Wildman–Crippen MR) is 146 cm³/mol. The van der Waals surface area contributed by atoms with Crippen molar-refractivity contribution >= 4 is 11.2 Å². The van der Waals surface area contributed by atoms with E-state index in [0.717, 1.165) is 31.7 Å². The predicted octanol–water partition coefficient (Wildman–Crippen LogP) is 3.09. The van der Waals surface area contributed by atoms with Crippen LogP contribution < -0.4 is 0 Å². The second kappa shape index (κ2) is 10.8. The molecule has 1 fully saturated rings. The number of aromatic nitrogens is 6. The number of hydrogen-bond acceptors (Lipinski definition) is 7. The van der Waals surface area contributed by atoms with E-state index in [9.17, 15) is 5.11 Å². The van der Waals surface area contributed by atoms with Gasteiger partial charge in [0.25, 0.3) is 0 Å². The highest BCUT2D eigenvalue weighted by atomic mass is 16.3. The highest BCUT2D eigenvalue weighted by Gasteiger charge is 2.27. The number of aliphatic hydroxyl groups excluding tert-OH is 1. The van der Waals surface area contributed by atoms with E-state index in [2.05, 4.69) is 90.5 Å². The Kier molecular flexibility index (Phi) is 6.96. The number of fused-ring (bicyclic) bond motifs is 1. The van der Waals surface area contributed by atoms with E-state index in [1.54, 1.807) is 17.2 Å². The molecule has 1 unspecified atom stereocenters. The summed E-state index contributed by atoms with van der Waals surface area (Å²) in [7, 11) is 0. The Bertz CT molecular complexity index is 1440. The fourth-order valence-corrected chi connectivity index (χ4v) is 5.37. The monoisotopic (exact) mass is 508 g/mol. The van der Waals surface area contributed by atoms with Gasteiger partial charge in [0.15, 0.2) is 17.0 Å². The van der Waals surface area contributed by atoms with E-state index in [4.69, 9.17) is 0 Å². The molecule has 0 spiro atoms. The second-order valence-corrected chi connectivity index (χ2v) is 9.94. The Hall–Kier alpha value is -3.92. The molecule has 1 aliphatic heterocycles. The third-order valence-corrected chi connectivity index (χ3v) is 7.19. The van der Waals surface area contributed by atoms with Crippen LogP contribution in [0.15, 0.2) is 85.7 Å². The summed E-state index contributed by atoms with van der Waals surface area (Å²) >= 11 is 0. The first kappa shape index (κ1) is 24.4. The number of benzene rings is 2. The number of imidazole rings is 1. The average molecular weight is 509 g/mol. The van der Waals surface area contributed by atoms with Crippen LogP contribution in [-0.2, 0) is 6.54 Å². The van der Waals surface area contributed by atoms with Crippen molar-refractivity contribution in [2.75, 3.05) is 32.7 Å². The number of hydrogen-bond donors (Lipinski definition) is 1. The average Bonchev–Trinajstić information content (AvgIpc) is 3.57. The summed E-state index contributed by atoms with van der Waals surface area (Å²) < 4.78 is 3.61.